The number of carbonyl (C=O) groups excluding carboxylic acids is 1. The SMILES string of the molecule is CCOc1c(O)cc2c(c1O)[C@H]1CC[C@]3(C)CCC[C@H]3[C@@H]1CC2=O. The van der Waals surface area contributed by atoms with Crippen LogP contribution in [-0.2, 0) is 0 Å². The summed E-state index contributed by atoms with van der Waals surface area (Å²) in [5.41, 5.74) is 1.58. The van der Waals surface area contributed by atoms with E-state index in [0.29, 0.717) is 35.8 Å². The fourth-order valence-corrected chi connectivity index (χ4v) is 5.79. The van der Waals surface area contributed by atoms with Crippen molar-refractivity contribution in [3.8, 4) is 17.2 Å². The third-order valence-electron chi connectivity index (χ3n) is 6.87. The zero-order chi connectivity index (χ0) is 17.1. The minimum Gasteiger partial charge on any atom is -0.504 e. The van der Waals surface area contributed by atoms with Crippen LogP contribution in [0.3, 0.4) is 0 Å². The van der Waals surface area contributed by atoms with Crippen LogP contribution in [0.1, 0.15) is 74.2 Å². The van der Waals surface area contributed by atoms with E-state index in [9.17, 15) is 15.0 Å². The number of aromatic hydroxyl groups is 2. The van der Waals surface area contributed by atoms with Crippen LogP contribution in [0.5, 0.6) is 17.2 Å². The number of ketones is 1. The molecule has 0 spiro atoms. The van der Waals surface area contributed by atoms with Crippen molar-refractivity contribution >= 4 is 5.78 Å². The molecule has 2 N–H and O–H groups in total. The van der Waals surface area contributed by atoms with E-state index in [0.717, 1.165) is 18.4 Å². The summed E-state index contributed by atoms with van der Waals surface area (Å²) >= 11 is 0. The van der Waals surface area contributed by atoms with E-state index in [2.05, 4.69) is 6.92 Å². The Kier molecular flexibility index (Phi) is 3.55. The van der Waals surface area contributed by atoms with Gasteiger partial charge in [-0.25, -0.2) is 0 Å². The first-order valence-electron chi connectivity index (χ1n) is 9.21. The van der Waals surface area contributed by atoms with Crippen molar-refractivity contribution in [2.45, 2.75) is 58.3 Å². The summed E-state index contributed by atoms with van der Waals surface area (Å²) in [6, 6.07) is 1.50. The molecular formula is C20H26O4. The molecule has 4 nitrogen and oxygen atoms in total. The molecule has 4 atom stereocenters. The van der Waals surface area contributed by atoms with Gasteiger partial charge in [-0.1, -0.05) is 13.3 Å². The number of phenols is 2. The molecule has 0 saturated heterocycles. The van der Waals surface area contributed by atoms with E-state index in [1.165, 1.54) is 25.3 Å². The molecule has 1 aromatic carbocycles. The molecule has 0 heterocycles. The molecule has 1 aromatic rings. The fraction of sp³-hybridized carbons (Fsp3) is 0.650. The molecule has 4 heteroatoms. The normalized spacial score (nSPS) is 34.4. The maximum atomic E-state index is 12.7. The van der Waals surface area contributed by atoms with Gasteiger partial charge in [0.1, 0.15) is 0 Å². The summed E-state index contributed by atoms with van der Waals surface area (Å²) in [5, 5.41) is 20.9. The molecule has 0 radical (unpaired) electrons. The molecule has 0 amide bonds. The maximum absolute atomic E-state index is 12.7. The van der Waals surface area contributed by atoms with Crippen LogP contribution in [-0.4, -0.2) is 22.6 Å². The summed E-state index contributed by atoms with van der Waals surface area (Å²) in [6.45, 7) is 4.56. The number of ether oxygens (including phenoxy) is 1. The van der Waals surface area contributed by atoms with E-state index in [4.69, 9.17) is 4.74 Å². The number of hydrogen-bond acceptors (Lipinski definition) is 4. The van der Waals surface area contributed by atoms with Crippen LogP contribution in [0.25, 0.3) is 0 Å². The van der Waals surface area contributed by atoms with Crippen molar-refractivity contribution in [2.24, 2.45) is 17.3 Å². The Balaban J connectivity index is 1.83. The molecule has 3 aliphatic rings. The highest BCUT2D eigenvalue weighted by Crippen LogP contribution is 2.62. The minimum atomic E-state index is -0.138. The molecule has 0 unspecified atom stereocenters. The Bertz CT molecular complexity index is 695. The molecule has 2 fully saturated rings. The van der Waals surface area contributed by atoms with Gasteiger partial charge in [-0.3, -0.25) is 4.79 Å². The highest BCUT2D eigenvalue weighted by atomic mass is 16.5. The highest BCUT2D eigenvalue weighted by Gasteiger charge is 2.52. The number of benzene rings is 1. The van der Waals surface area contributed by atoms with Crippen LogP contribution in [0.15, 0.2) is 6.07 Å². The van der Waals surface area contributed by atoms with Crippen molar-refractivity contribution in [2.75, 3.05) is 6.61 Å². The molecule has 4 rings (SSSR count). The first-order valence-corrected chi connectivity index (χ1v) is 9.21. The van der Waals surface area contributed by atoms with Crippen LogP contribution in [0.4, 0.5) is 0 Å². The molecule has 0 aromatic heterocycles. The van der Waals surface area contributed by atoms with Gasteiger partial charge in [0.15, 0.2) is 17.3 Å². The number of carbonyl (C=O) groups is 1. The van der Waals surface area contributed by atoms with Gasteiger partial charge in [0, 0.05) is 17.5 Å². The predicted octanol–water partition coefficient (Wildman–Crippen LogP) is 4.38. The maximum Gasteiger partial charge on any atom is 0.203 e. The average molecular weight is 330 g/mol. The summed E-state index contributed by atoms with van der Waals surface area (Å²) < 4.78 is 5.44. The van der Waals surface area contributed by atoms with Gasteiger partial charge in [0.25, 0.3) is 0 Å². The average Bonchev–Trinajstić information content (AvgIpc) is 2.94. The molecule has 0 bridgehead atoms. The zero-order valence-corrected chi connectivity index (χ0v) is 14.5. The monoisotopic (exact) mass is 330 g/mol. The van der Waals surface area contributed by atoms with Crippen LogP contribution in [0, 0.1) is 17.3 Å². The second-order valence-corrected chi connectivity index (χ2v) is 8.06. The first-order chi connectivity index (χ1) is 11.5. The Hall–Kier alpha value is -1.71. The molecule has 3 aliphatic carbocycles. The summed E-state index contributed by atoms with van der Waals surface area (Å²) in [6.07, 6.45) is 6.39. The lowest BCUT2D eigenvalue weighted by molar-refractivity contribution is 0.0518. The fourth-order valence-electron chi connectivity index (χ4n) is 5.79. The second kappa shape index (κ2) is 5.40. The Morgan fingerprint density at radius 1 is 1.29 bits per heavy atom. The van der Waals surface area contributed by atoms with Gasteiger partial charge >= 0.3 is 0 Å². The van der Waals surface area contributed by atoms with Gasteiger partial charge < -0.3 is 14.9 Å². The van der Waals surface area contributed by atoms with Crippen LogP contribution >= 0.6 is 0 Å². The topological polar surface area (TPSA) is 66.8 Å². The van der Waals surface area contributed by atoms with Crippen molar-refractivity contribution in [1.29, 1.82) is 0 Å². The lowest BCUT2D eigenvalue weighted by atomic mass is 9.55. The van der Waals surface area contributed by atoms with E-state index < -0.39 is 0 Å². The summed E-state index contributed by atoms with van der Waals surface area (Å²) in [7, 11) is 0. The number of fused-ring (bicyclic) bond motifs is 5. The number of hydrogen-bond donors (Lipinski definition) is 2. The zero-order valence-electron chi connectivity index (χ0n) is 14.5. The molecule has 0 aliphatic heterocycles. The number of phenolic OH excluding ortho intramolecular Hbond substituents is 2. The summed E-state index contributed by atoms with van der Waals surface area (Å²) in [4.78, 5) is 12.7. The quantitative estimate of drug-likeness (QED) is 0.844. The second-order valence-electron chi connectivity index (χ2n) is 8.06. The van der Waals surface area contributed by atoms with E-state index in [1.54, 1.807) is 0 Å². The van der Waals surface area contributed by atoms with Crippen LogP contribution < -0.4 is 4.74 Å². The Labute approximate surface area is 142 Å². The first kappa shape index (κ1) is 15.8. The van der Waals surface area contributed by atoms with Gasteiger partial charge in [-0.15, -0.1) is 0 Å². The largest absolute Gasteiger partial charge is 0.504 e. The van der Waals surface area contributed by atoms with E-state index >= 15 is 0 Å². The van der Waals surface area contributed by atoms with Gasteiger partial charge in [-0.2, -0.15) is 0 Å². The lowest BCUT2D eigenvalue weighted by Gasteiger charge is -2.48. The highest BCUT2D eigenvalue weighted by molar-refractivity contribution is 6.01. The standard InChI is InChI=1S/C20H26O4/c1-3-24-19-16(22)10-13-15(21)9-12-11(17(13)18(19)23)6-8-20(2)7-4-5-14(12)20/h10-12,14,22-23H,3-9H2,1-2H3/t11-,12+,14-,20-/m0/s1. The lowest BCUT2D eigenvalue weighted by Crippen LogP contribution is -2.41. The van der Waals surface area contributed by atoms with E-state index in [-0.39, 0.29) is 28.9 Å². The van der Waals surface area contributed by atoms with E-state index in [1.807, 2.05) is 6.92 Å². The van der Waals surface area contributed by atoms with Crippen molar-refractivity contribution < 1.29 is 19.7 Å². The third kappa shape index (κ3) is 2.08. The molecule has 24 heavy (non-hydrogen) atoms. The van der Waals surface area contributed by atoms with Gasteiger partial charge in [0.05, 0.1) is 6.61 Å². The van der Waals surface area contributed by atoms with Crippen molar-refractivity contribution in [1.82, 2.24) is 0 Å². The molecule has 2 saturated carbocycles. The van der Waals surface area contributed by atoms with Gasteiger partial charge in [0.2, 0.25) is 5.75 Å². The predicted molar refractivity (Wildman–Crippen MR) is 90.8 cm³/mol. The van der Waals surface area contributed by atoms with Crippen molar-refractivity contribution in [3.63, 3.8) is 0 Å². The smallest absolute Gasteiger partial charge is 0.203 e. The van der Waals surface area contributed by atoms with Crippen molar-refractivity contribution in [3.05, 3.63) is 17.2 Å². The number of Topliss-reactive ketones (excluding diaryl/α,β-unsaturated/α-hetero) is 1. The number of rotatable bonds is 2. The van der Waals surface area contributed by atoms with Gasteiger partial charge in [-0.05, 0) is 61.8 Å². The third-order valence-corrected chi connectivity index (χ3v) is 6.87. The Morgan fingerprint density at radius 3 is 2.83 bits per heavy atom. The minimum absolute atomic E-state index is 0.0171. The molecular weight excluding hydrogens is 304 g/mol. The Morgan fingerprint density at radius 2 is 2.08 bits per heavy atom. The summed E-state index contributed by atoms with van der Waals surface area (Å²) in [5.74, 6) is 1.11. The molecule has 130 valence electrons. The van der Waals surface area contributed by atoms with Crippen LogP contribution in [0.2, 0.25) is 0 Å².